The molecule has 3 rings (SSSR count). The van der Waals surface area contributed by atoms with E-state index < -0.39 is 27.8 Å². The van der Waals surface area contributed by atoms with Crippen LogP contribution in [0.3, 0.4) is 0 Å². The second-order valence-corrected chi connectivity index (χ2v) is 8.66. The maximum Gasteiger partial charge on any atom is 0.262 e. The summed E-state index contributed by atoms with van der Waals surface area (Å²) in [4.78, 5) is 12.7. The first-order chi connectivity index (χ1) is 14.7. The molecule has 0 spiro atoms. The van der Waals surface area contributed by atoms with E-state index in [1.54, 1.807) is 25.1 Å². The molecule has 6 nitrogen and oxygen atoms in total. The highest BCUT2D eigenvalue weighted by Gasteiger charge is 2.20. The fraction of sp³-hybridized carbons (Fsp3) is 0.130. The number of hydrogen-bond donors (Lipinski definition) is 2. The maximum atomic E-state index is 13.9. The van der Waals surface area contributed by atoms with Gasteiger partial charge in [-0.3, -0.25) is 9.52 Å². The van der Waals surface area contributed by atoms with Gasteiger partial charge < -0.3 is 5.32 Å². The van der Waals surface area contributed by atoms with Crippen molar-refractivity contribution in [2.24, 2.45) is 0 Å². The molecule has 0 aromatic heterocycles. The van der Waals surface area contributed by atoms with Gasteiger partial charge in [0.15, 0.2) is 0 Å². The van der Waals surface area contributed by atoms with E-state index in [1.807, 2.05) is 19.1 Å². The molecule has 158 valence electrons. The lowest BCUT2D eigenvalue weighted by atomic mass is 10.1. The topological polar surface area (TPSA) is 99.1 Å². The number of hydrogen-bond acceptors (Lipinski definition) is 4. The zero-order chi connectivity index (χ0) is 22.6. The monoisotopic (exact) mass is 437 g/mol. The number of aryl methyl sites for hydroxylation is 2. The highest BCUT2D eigenvalue weighted by molar-refractivity contribution is 7.92. The Hall–Kier alpha value is -3.70. The third-order valence-corrected chi connectivity index (χ3v) is 6.18. The van der Waals surface area contributed by atoms with Crippen LogP contribution in [0, 0.1) is 31.0 Å². The Morgan fingerprint density at radius 1 is 1.03 bits per heavy atom. The minimum Gasteiger partial charge on any atom is -0.332 e. The Bertz CT molecular complexity index is 1270. The van der Waals surface area contributed by atoms with E-state index in [9.17, 15) is 22.9 Å². The summed E-state index contributed by atoms with van der Waals surface area (Å²) in [6.07, 6.45) is 0. The van der Waals surface area contributed by atoms with E-state index in [2.05, 4.69) is 10.0 Å². The summed E-state index contributed by atoms with van der Waals surface area (Å²) in [7, 11) is -3.80. The highest BCUT2D eigenvalue weighted by atomic mass is 32.2. The molecule has 0 heterocycles. The number of halogens is 1. The summed E-state index contributed by atoms with van der Waals surface area (Å²) in [5.41, 5.74) is 1.98. The van der Waals surface area contributed by atoms with Crippen molar-refractivity contribution >= 4 is 21.6 Å². The molecule has 31 heavy (non-hydrogen) atoms. The molecule has 3 aromatic rings. The van der Waals surface area contributed by atoms with Gasteiger partial charge in [-0.15, -0.1) is 0 Å². The maximum absolute atomic E-state index is 13.9. The first-order valence-corrected chi connectivity index (χ1v) is 10.8. The smallest absolute Gasteiger partial charge is 0.262 e. The molecule has 0 saturated carbocycles. The molecule has 0 aliphatic heterocycles. The van der Waals surface area contributed by atoms with Gasteiger partial charge in [0.2, 0.25) is 0 Å². The lowest BCUT2D eigenvalue weighted by molar-refractivity contribution is 0.0944. The summed E-state index contributed by atoms with van der Waals surface area (Å²) < 4.78 is 41.8. The molecule has 0 aliphatic rings. The molecule has 2 N–H and O–H groups in total. The van der Waals surface area contributed by atoms with Crippen LogP contribution in [0.1, 0.15) is 33.1 Å². The zero-order valence-corrected chi connectivity index (χ0v) is 17.7. The Morgan fingerprint density at radius 2 is 1.71 bits per heavy atom. The summed E-state index contributed by atoms with van der Waals surface area (Å²) in [5, 5.41) is 11.8. The molecule has 0 saturated heterocycles. The number of rotatable bonds is 6. The average molecular weight is 437 g/mol. The van der Waals surface area contributed by atoms with E-state index in [0.717, 1.165) is 5.56 Å². The summed E-state index contributed by atoms with van der Waals surface area (Å²) in [5.74, 6) is -1.18. The molecule has 1 atom stereocenters. The van der Waals surface area contributed by atoms with E-state index in [4.69, 9.17) is 0 Å². The van der Waals surface area contributed by atoms with Gasteiger partial charge in [0, 0.05) is 16.8 Å². The van der Waals surface area contributed by atoms with Crippen LogP contribution >= 0.6 is 0 Å². The van der Waals surface area contributed by atoms with E-state index in [-0.39, 0.29) is 21.7 Å². The van der Waals surface area contributed by atoms with Gasteiger partial charge >= 0.3 is 0 Å². The Kier molecular flexibility index (Phi) is 6.37. The number of sulfonamides is 1. The van der Waals surface area contributed by atoms with E-state index >= 15 is 0 Å². The summed E-state index contributed by atoms with van der Waals surface area (Å²) in [6.45, 7) is 3.52. The van der Waals surface area contributed by atoms with E-state index in [0.29, 0.717) is 5.56 Å². The first-order valence-electron chi connectivity index (χ1n) is 9.36. The Labute approximate surface area is 180 Å². The molecule has 8 heteroatoms. The largest absolute Gasteiger partial charge is 0.332 e. The minimum atomic E-state index is -3.80. The van der Waals surface area contributed by atoms with Gasteiger partial charge in [-0.05, 0) is 61.4 Å². The summed E-state index contributed by atoms with van der Waals surface area (Å²) >= 11 is 0. The van der Waals surface area contributed by atoms with Gasteiger partial charge in [-0.2, -0.15) is 5.26 Å². The van der Waals surface area contributed by atoms with Crippen molar-refractivity contribution in [1.29, 1.82) is 5.26 Å². The first kappa shape index (κ1) is 22.0. The second kappa shape index (κ2) is 8.98. The number of benzene rings is 3. The van der Waals surface area contributed by atoms with Crippen LogP contribution in [0.25, 0.3) is 0 Å². The molecule has 1 unspecified atom stereocenters. The predicted octanol–water partition coefficient (Wildman–Crippen LogP) is 4.24. The van der Waals surface area contributed by atoms with E-state index in [1.165, 1.54) is 42.5 Å². The SMILES string of the molecule is Cc1ccc(C)c(S(=O)(=O)Nc2ccc(C(=O)NC(C#N)c3ccccc3F)cc2)c1. The number of nitrogens with zero attached hydrogens (tertiary/aromatic N) is 1. The molecule has 0 radical (unpaired) electrons. The van der Waals surface area contributed by atoms with Crippen molar-refractivity contribution in [1.82, 2.24) is 5.32 Å². The number of anilines is 1. The lowest BCUT2D eigenvalue weighted by Gasteiger charge is -2.14. The Balaban J connectivity index is 1.75. The predicted molar refractivity (Wildman–Crippen MR) is 115 cm³/mol. The van der Waals surface area contributed by atoms with Gasteiger partial charge in [-0.25, -0.2) is 12.8 Å². The zero-order valence-electron chi connectivity index (χ0n) is 16.9. The fourth-order valence-electron chi connectivity index (χ4n) is 3.00. The van der Waals surface area contributed by atoms with Gasteiger partial charge in [-0.1, -0.05) is 30.3 Å². The van der Waals surface area contributed by atoms with Crippen LogP contribution in [0.2, 0.25) is 0 Å². The molecule has 0 bridgehead atoms. The van der Waals surface area contributed by atoms with Crippen LogP contribution in [-0.2, 0) is 10.0 Å². The molecule has 3 aromatic carbocycles. The number of nitrogens with one attached hydrogen (secondary N) is 2. The van der Waals surface area contributed by atoms with Crippen molar-refractivity contribution in [2.75, 3.05) is 4.72 Å². The molecular weight excluding hydrogens is 417 g/mol. The molecule has 0 fully saturated rings. The van der Waals surface area contributed by atoms with Gasteiger partial charge in [0.05, 0.1) is 11.0 Å². The van der Waals surface area contributed by atoms with Gasteiger partial charge in [0.25, 0.3) is 15.9 Å². The number of carbonyl (C=O) groups is 1. The fourth-order valence-corrected chi connectivity index (χ4v) is 4.39. The molecule has 1 amide bonds. The quantitative estimate of drug-likeness (QED) is 0.603. The van der Waals surface area contributed by atoms with Crippen molar-refractivity contribution < 1.29 is 17.6 Å². The van der Waals surface area contributed by atoms with Crippen molar-refractivity contribution in [3.63, 3.8) is 0 Å². The van der Waals surface area contributed by atoms with Crippen LogP contribution in [0.5, 0.6) is 0 Å². The number of nitriles is 1. The summed E-state index contributed by atoms with van der Waals surface area (Å²) in [6, 6.07) is 17.3. The second-order valence-electron chi connectivity index (χ2n) is 7.01. The standard InChI is InChI=1S/C23H20FN3O3S/c1-15-7-8-16(2)22(13-15)31(29,30)27-18-11-9-17(10-12-18)23(28)26-21(14-25)19-5-3-4-6-20(19)24/h3-13,21,27H,1-2H3,(H,26,28). The van der Waals surface area contributed by atoms with Crippen LogP contribution < -0.4 is 10.0 Å². The van der Waals surface area contributed by atoms with Crippen molar-refractivity contribution in [2.45, 2.75) is 24.8 Å². The van der Waals surface area contributed by atoms with Crippen molar-refractivity contribution in [3.05, 3.63) is 94.8 Å². The molecule has 0 aliphatic carbocycles. The highest BCUT2D eigenvalue weighted by Crippen LogP contribution is 2.21. The molecular formula is C23H20FN3O3S. The third-order valence-electron chi connectivity index (χ3n) is 4.65. The van der Waals surface area contributed by atoms with Crippen LogP contribution in [-0.4, -0.2) is 14.3 Å². The van der Waals surface area contributed by atoms with Gasteiger partial charge in [0.1, 0.15) is 11.9 Å². The third kappa shape index (κ3) is 5.08. The van der Waals surface area contributed by atoms with Crippen molar-refractivity contribution in [3.8, 4) is 6.07 Å². The number of carbonyl (C=O) groups excluding carboxylic acids is 1. The Morgan fingerprint density at radius 3 is 2.35 bits per heavy atom. The number of amides is 1. The normalized spacial score (nSPS) is 11.9. The lowest BCUT2D eigenvalue weighted by Crippen LogP contribution is -2.28. The van der Waals surface area contributed by atoms with Crippen LogP contribution in [0.15, 0.2) is 71.6 Å². The van der Waals surface area contributed by atoms with Crippen LogP contribution in [0.4, 0.5) is 10.1 Å². The minimum absolute atomic E-state index is 0.0660. The average Bonchev–Trinajstić information content (AvgIpc) is 2.74.